The molecule has 0 aromatic carbocycles. The van der Waals surface area contributed by atoms with Gasteiger partial charge in [0.2, 0.25) is 0 Å². The fourth-order valence-electron chi connectivity index (χ4n) is 1.37. The molecule has 1 aromatic heterocycles. The molecule has 0 aliphatic carbocycles. The number of nitrogens with zero attached hydrogens (tertiary/aromatic N) is 2. The minimum atomic E-state index is -0.995. The standard InChI is InChI=1S/C8H11N3OS.ClH/c12-13(7-1-2-9-5-7)8-6-10-3-4-11-8;/h3-4,6-7,9H,1-2,5H2;1H. The fourth-order valence-corrected chi connectivity index (χ4v) is 2.64. The van der Waals surface area contributed by atoms with Gasteiger partial charge >= 0.3 is 0 Å². The highest BCUT2D eigenvalue weighted by Crippen LogP contribution is 2.12. The number of halogens is 1. The molecule has 1 aliphatic heterocycles. The molecule has 1 fully saturated rings. The molecule has 2 atom stereocenters. The van der Waals surface area contributed by atoms with Crippen LogP contribution in [-0.2, 0) is 10.8 Å². The van der Waals surface area contributed by atoms with Crippen LogP contribution in [0, 0.1) is 0 Å². The Labute approximate surface area is 91.4 Å². The molecule has 1 aliphatic rings. The average molecular weight is 234 g/mol. The molecule has 1 aromatic rings. The third-order valence-electron chi connectivity index (χ3n) is 2.06. The smallest absolute Gasteiger partial charge is 0.145 e. The third-order valence-corrected chi connectivity index (χ3v) is 3.69. The van der Waals surface area contributed by atoms with Crippen molar-refractivity contribution in [3.63, 3.8) is 0 Å². The van der Waals surface area contributed by atoms with Crippen molar-refractivity contribution >= 4 is 23.2 Å². The summed E-state index contributed by atoms with van der Waals surface area (Å²) >= 11 is 0. The van der Waals surface area contributed by atoms with Crippen molar-refractivity contribution in [3.8, 4) is 0 Å². The van der Waals surface area contributed by atoms with Gasteiger partial charge in [0.1, 0.15) is 5.03 Å². The van der Waals surface area contributed by atoms with Crippen LogP contribution in [0.1, 0.15) is 6.42 Å². The fraction of sp³-hybridized carbons (Fsp3) is 0.500. The first-order valence-corrected chi connectivity index (χ1v) is 5.46. The zero-order valence-electron chi connectivity index (χ0n) is 7.55. The molecule has 0 saturated carbocycles. The topological polar surface area (TPSA) is 54.9 Å². The highest BCUT2D eigenvalue weighted by atomic mass is 35.5. The molecule has 1 saturated heterocycles. The first-order chi connectivity index (χ1) is 6.38. The highest BCUT2D eigenvalue weighted by Gasteiger charge is 2.22. The van der Waals surface area contributed by atoms with E-state index in [2.05, 4.69) is 15.3 Å². The Morgan fingerprint density at radius 2 is 2.36 bits per heavy atom. The number of hydrogen-bond acceptors (Lipinski definition) is 4. The van der Waals surface area contributed by atoms with Gasteiger partial charge in [0.05, 0.1) is 22.2 Å². The van der Waals surface area contributed by atoms with E-state index in [1.165, 1.54) is 0 Å². The normalized spacial score (nSPS) is 22.7. The molecule has 2 unspecified atom stereocenters. The van der Waals surface area contributed by atoms with E-state index in [0.29, 0.717) is 5.03 Å². The van der Waals surface area contributed by atoms with Gasteiger partial charge in [0.15, 0.2) is 0 Å². The summed E-state index contributed by atoms with van der Waals surface area (Å²) in [5.74, 6) is 0. The molecule has 6 heteroatoms. The Bertz CT molecular complexity index is 303. The van der Waals surface area contributed by atoms with Crippen molar-refractivity contribution in [3.05, 3.63) is 18.6 Å². The highest BCUT2D eigenvalue weighted by molar-refractivity contribution is 7.85. The maximum Gasteiger partial charge on any atom is 0.145 e. The van der Waals surface area contributed by atoms with E-state index in [0.717, 1.165) is 19.5 Å². The molecule has 2 heterocycles. The minimum Gasteiger partial charge on any atom is -0.315 e. The number of nitrogens with one attached hydrogen (secondary N) is 1. The van der Waals surface area contributed by atoms with Crippen molar-refractivity contribution in [2.45, 2.75) is 16.7 Å². The molecule has 0 spiro atoms. The molecule has 0 bridgehead atoms. The first-order valence-electron chi connectivity index (χ1n) is 4.25. The average Bonchev–Trinajstić information content (AvgIpc) is 2.71. The van der Waals surface area contributed by atoms with Gasteiger partial charge in [0.25, 0.3) is 0 Å². The molecule has 14 heavy (non-hydrogen) atoms. The summed E-state index contributed by atoms with van der Waals surface area (Å²) in [5.41, 5.74) is 0. The van der Waals surface area contributed by atoms with Gasteiger partial charge in [-0.2, -0.15) is 0 Å². The Morgan fingerprint density at radius 3 is 2.93 bits per heavy atom. The Hall–Kier alpha value is -0.520. The van der Waals surface area contributed by atoms with Crippen LogP contribution in [0.15, 0.2) is 23.6 Å². The lowest BCUT2D eigenvalue weighted by Crippen LogP contribution is -2.19. The molecule has 0 amide bonds. The zero-order chi connectivity index (χ0) is 9.10. The van der Waals surface area contributed by atoms with Gasteiger partial charge in [0, 0.05) is 18.9 Å². The van der Waals surface area contributed by atoms with Crippen LogP contribution in [0.25, 0.3) is 0 Å². The molecular weight excluding hydrogens is 222 g/mol. The summed E-state index contributed by atoms with van der Waals surface area (Å²) in [4.78, 5) is 7.93. The quantitative estimate of drug-likeness (QED) is 0.802. The summed E-state index contributed by atoms with van der Waals surface area (Å²) in [6.07, 6.45) is 5.71. The summed E-state index contributed by atoms with van der Waals surface area (Å²) in [5, 5.41) is 3.98. The first kappa shape index (κ1) is 11.6. The van der Waals surface area contributed by atoms with E-state index < -0.39 is 10.8 Å². The van der Waals surface area contributed by atoms with Crippen LogP contribution in [0.5, 0.6) is 0 Å². The van der Waals surface area contributed by atoms with E-state index in [4.69, 9.17) is 0 Å². The lowest BCUT2D eigenvalue weighted by Gasteiger charge is -2.05. The SMILES string of the molecule is Cl.O=S(c1cnccn1)C1CCNC1. The van der Waals surface area contributed by atoms with Crippen molar-refractivity contribution in [2.75, 3.05) is 13.1 Å². The number of hydrogen-bond donors (Lipinski definition) is 1. The Kier molecular flexibility index (Phi) is 4.44. The summed E-state index contributed by atoms with van der Waals surface area (Å²) in [6.45, 7) is 1.78. The van der Waals surface area contributed by atoms with Gasteiger partial charge in [-0.25, -0.2) is 4.98 Å². The van der Waals surface area contributed by atoms with Crippen LogP contribution in [-0.4, -0.2) is 32.5 Å². The van der Waals surface area contributed by atoms with Gasteiger partial charge in [-0.1, -0.05) is 0 Å². The summed E-state index contributed by atoms with van der Waals surface area (Å²) < 4.78 is 11.8. The second-order valence-electron chi connectivity index (χ2n) is 2.96. The Morgan fingerprint density at radius 1 is 1.50 bits per heavy atom. The van der Waals surface area contributed by atoms with Crippen molar-refractivity contribution in [2.24, 2.45) is 0 Å². The number of aromatic nitrogens is 2. The number of rotatable bonds is 2. The predicted octanol–water partition coefficient (Wildman–Crippen LogP) is 0.368. The van der Waals surface area contributed by atoms with Crippen molar-refractivity contribution in [1.29, 1.82) is 0 Å². The van der Waals surface area contributed by atoms with Crippen molar-refractivity contribution in [1.82, 2.24) is 15.3 Å². The van der Waals surface area contributed by atoms with Crippen molar-refractivity contribution < 1.29 is 4.21 Å². The molecule has 78 valence electrons. The van der Waals surface area contributed by atoms with E-state index in [1.807, 2.05) is 0 Å². The second-order valence-corrected chi connectivity index (χ2v) is 4.64. The lowest BCUT2D eigenvalue weighted by atomic mass is 10.4. The second kappa shape index (κ2) is 5.38. The molecule has 1 N–H and O–H groups in total. The van der Waals surface area contributed by atoms with E-state index in [-0.39, 0.29) is 17.7 Å². The third kappa shape index (κ3) is 2.50. The Balaban J connectivity index is 0.000000980. The van der Waals surface area contributed by atoms with Crippen LogP contribution < -0.4 is 5.32 Å². The minimum absolute atomic E-state index is 0. The van der Waals surface area contributed by atoms with Gasteiger partial charge in [-0.15, -0.1) is 12.4 Å². The van der Waals surface area contributed by atoms with Gasteiger partial charge < -0.3 is 5.32 Å². The predicted molar refractivity (Wildman–Crippen MR) is 57.0 cm³/mol. The van der Waals surface area contributed by atoms with Crippen LogP contribution in [0.2, 0.25) is 0 Å². The van der Waals surface area contributed by atoms with E-state index >= 15 is 0 Å². The monoisotopic (exact) mass is 233 g/mol. The van der Waals surface area contributed by atoms with Crippen LogP contribution in [0.4, 0.5) is 0 Å². The summed E-state index contributed by atoms with van der Waals surface area (Å²) in [6, 6.07) is 0. The zero-order valence-corrected chi connectivity index (χ0v) is 9.18. The maximum atomic E-state index is 11.8. The molecular formula is C8H12ClN3OS. The van der Waals surface area contributed by atoms with Gasteiger partial charge in [-0.05, 0) is 13.0 Å². The maximum absolute atomic E-state index is 11.8. The molecule has 0 radical (unpaired) electrons. The van der Waals surface area contributed by atoms with E-state index in [9.17, 15) is 4.21 Å². The van der Waals surface area contributed by atoms with Crippen LogP contribution in [0.3, 0.4) is 0 Å². The molecule has 4 nitrogen and oxygen atoms in total. The van der Waals surface area contributed by atoms with Gasteiger partial charge in [-0.3, -0.25) is 9.19 Å². The van der Waals surface area contributed by atoms with E-state index in [1.54, 1.807) is 18.6 Å². The summed E-state index contributed by atoms with van der Waals surface area (Å²) in [7, 11) is -0.995. The largest absolute Gasteiger partial charge is 0.315 e. The van der Waals surface area contributed by atoms with Crippen LogP contribution >= 0.6 is 12.4 Å². The lowest BCUT2D eigenvalue weighted by molar-refractivity contribution is 0.668. The molecule has 2 rings (SSSR count).